The van der Waals surface area contributed by atoms with E-state index in [1.807, 2.05) is 32.0 Å². The van der Waals surface area contributed by atoms with Crippen molar-refractivity contribution in [2.45, 2.75) is 43.4 Å². The smallest absolute Gasteiger partial charge is 0.234 e. The zero-order valence-electron chi connectivity index (χ0n) is 14.5. The Morgan fingerprint density at radius 3 is 2.40 bits per heavy atom. The maximum absolute atomic E-state index is 12.9. The van der Waals surface area contributed by atoms with Crippen molar-refractivity contribution < 1.29 is 8.42 Å². The fourth-order valence-corrected chi connectivity index (χ4v) is 7.10. The van der Waals surface area contributed by atoms with Crippen molar-refractivity contribution in [3.8, 4) is 0 Å². The lowest BCUT2D eigenvalue weighted by atomic mass is 10.0. The highest BCUT2D eigenvalue weighted by Gasteiger charge is 2.23. The van der Waals surface area contributed by atoms with Gasteiger partial charge >= 0.3 is 0 Å². The molecule has 2 aromatic carbocycles. The van der Waals surface area contributed by atoms with Gasteiger partial charge in [-0.3, -0.25) is 0 Å². The van der Waals surface area contributed by atoms with E-state index in [2.05, 4.69) is 18.8 Å². The summed E-state index contributed by atoms with van der Waals surface area (Å²) in [6.07, 6.45) is 0. The highest BCUT2D eigenvalue weighted by Crippen LogP contribution is 2.43. The number of aromatic nitrogens is 1. The molecule has 2 N–H and O–H groups in total. The largest absolute Gasteiger partial charge is 0.375 e. The molecule has 0 fully saturated rings. The highest BCUT2D eigenvalue weighted by molar-refractivity contribution is 8.72. The molecule has 0 radical (unpaired) electrons. The molecule has 132 valence electrons. The van der Waals surface area contributed by atoms with Crippen LogP contribution in [-0.2, 0) is 8.87 Å². The first-order valence-electron chi connectivity index (χ1n) is 7.89. The van der Waals surface area contributed by atoms with Crippen molar-refractivity contribution in [3.05, 3.63) is 47.0 Å². The van der Waals surface area contributed by atoms with Crippen LogP contribution in [0.5, 0.6) is 0 Å². The number of nitrogens with zero attached hydrogens (tertiary/aromatic N) is 1. The van der Waals surface area contributed by atoms with Crippen LogP contribution in [0.25, 0.3) is 10.2 Å². The van der Waals surface area contributed by atoms with Crippen LogP contribution >= 0.6 is 22.1 Å². The van der Waals surface area contributed by atoms with E-state index in [4.69, 9.17) is 5.73 Å². The van der Waals surface area contributed by atoms with Gasteiger partial charge in [0.1, 0.15) is 0 Å². The summed E-state index contributed by atoms with van der Waals surface area (Å²) < 4.78 is 26.7. The van der Waals surface area contributed by atoms with E-state index in [9.17, 15) is 8.42 Å². The Balaban J connectivity index is 2.15. The van der Waals surface area contributed by atoms with Gasteiger partial charge in [-0.2, -0.15) is 0 Å². The normalized spacial score (nSPS) is 12.2. The second-order valence-corrected chi connectivity index (χ2v) is 11.2. The molecular formula is C18H20N2O2S3. The summed E-state index contributed by atoms with van der Waals surface area (Å²) in [7, 11) is -2.59. The van der Waals surface area contributed by atoms with Crippen molar-refractivity contribution in [2.75, 3.05) is 5.73 Å². The number of aryl methyl sites for hydroxylation is 2. The molecule has 0 unspecified atom stereocenters. The summed E-state index contributed by atoms with van der Waals surface area (Å²) in [5.74, 6) is 0.165. The van der Waals surface area contributed by atoms with Crippen molar-refractivity contribution in [1.29, 1.82) is 0 Å². The number of hydrogen-bond donors (Lipinski definition) is 1. The minimum atomic E-state index is -3.50. The molecule has 0 bridgehead atoms. The van der Waals surface area contributed by atoms with Gasteiger partial charge in [-0.1, -0.05) is 42.9 Å². The maximum atomic E-state index is 12.9. The zero-order chi connectivity index (χ0) is 18.4. The molecule has 0 saturated heterocycles. The van der Waals surface area contributed by atoms with Crippen molar-refractivity contribution in [2.24, 2.45) is 0 Å². The Labute approximate surface area is 155 Å². The van der Waals surface area contributed by atoms with Gasteiger partial charge in [-0.05, 0) is 49.1 Å². The lowest BCUT2D eigenvalue weighted by Gasteiger charge is -2.15. The summed E-state index contributed by atoms with van der Waals surface area (Å²) in [5, 5.41) is 0.503. The van der Waals surface area contributed by atoms with E-state index in [0.29, 0.717) is 10.0 Å². The summed E-state index contributed by atoms with van der Waals surface area (Å²) in [4.78, 5) is 5.47. The molecule has 0 aliphatic rings. The molecule has 25 heavy (non-hydrogen) atoms. The Bertz CT molecular complexity index is 1040. The van der Waals surface area contributed by atoms with E-state index in [-0.39, 0.29) is 5.92 Å². The Kier molecular flexibility index (Phi) is 4.83. The van der Waals surface area contributed by atoms with Gasteiger partial charge < -0.3 is 5.73 Å². The van der Waals surface area contributed by atoms with Gasteiger partial charge in [0.05, 0.1) is 15.1 Å². The standard InChI is InChI=1S/C18H20N2O2S3/c1-10(2)15-14(9-12(4)16-17(15)23-18(19)20-16)24-25(21,22)13-7-5-11(3)6-8-13/h5-10H,1-4H3,(H2,19,20). The van der Waals surface area contributed by atoms with Gasteiger partial charge in [0, 0.05) is 15.7 Å². The third-order valence-electron chi connectivity index (χ3n) is 3.96. The minimum Gasteiger partial charge on any atom is -0.375 e. The Morgan fingerprint density at radius 2 is 1.80 bits per heavy atom. The number of thiazole rings is 1. The predicted octanol–water partition coefficient (Wildman–Crippen LogP) is 5.10. The van der Waals surface area contributed by atoms with Crippen molar-refractivity contribution >= 4 is 46.3 Å². The summed E-state index contributed by atoms with van der Waals surface area (Å²) >= 11 is 1.42. The van der Waals surface area contributed by atoms with E-state index >= 15 is 0 Å². The number of fused-ring (bicyclic) bond motifs is 1. The van der Waals surface area contributed by atoms with E-state index in [1.165, 1.54) is 11.3 Å². The lowest BCUT2D eigenvalue weighted by Crippen LogP contribution is -1.99. The van der Waals surface area contributed by atoms with Gasteiger partial charge in [-0.25, -0.2) is 13.4 Å². The quantitative estimate of drug-likeness (QED) is 0.625. The lowest BCUT2D eigenvalue weighted by molar-refractivity contribution is 0.610. The average Bonchev–Trinajstić information content (AvgIpc) is 2.88. The van der Waals surface area contributed by atoms with Gasteiger partial charge in [0.25, 0.3) is 0 Å². The molecular weight excluding hydrogens is 372 g/mol. The monoisotopic (exact) mass is 392 g/mol. The van der Waals surface area contributed by atoms with Crippen molar-refractivity contribution in [1.82, 2.24) is 4.98 Å². The molecule has 3 rings (SSSR count). The molecule has 4 nitrogen and oxygen atoms in total. The van der Waals surface area contributed by atoms with Gasteiger partial charge in [0.15, 0.2) is 5.13 Å². The van der Waals surface area contributed by atoms with Crippen LogP contribution in [0.15, 0.2) is 40.1 Å². The zero-order valence-corrected chi connectivity index (χ0v) is 17.0. The van der Waals surface area contributed by atoms with E-state index < -0.39 is 8.87 Å². The number of rotatable bonds is 4. The number of benzene rings is 2. The molecule has 1 aromatic heterocycles. The van der Waals surface area contributed by atoms with Gasteiger partial charge in [-0.15, -0.1) is 0 Å². The Morgan fingerprint density at radius 1 is 1.16 bits per heavy atom. The fraction of sp³-hybridized carbons (Fsp3) is 0.278. The van der Waals surface area contributed by atoms with Crippen LogP contribution in [0.1, 0.15) is 36.5 Å². The van der Waals surface area contributed by atoms with Crippen LogP contribution in [-0.4, -0.2) is 13.4 Å². The Hall–Kier alpha value is -1.57. The fourth-order valence-electron chi connectivity index (χ4n) is 2.73. The van der Waals surface area contributed by atoms with E-state index in [0.717, 1.165) is 42.6 Å². The molecule has 0 atom stereocenters. The molecule has 0 aliphatic carbocycles. The van der Waals surface area contributed by atoms with E-state index in [1.54, 1.807) is 12.1 Å². The summed E-state index contributed by atoms with van der Waals surface area (Å²) in [6.45, 7) is 7.99. The minimum absolute atomic E-state index is 0.165. The molecule has 1 heterocycles. The highest BCUT2D eigenvalue weighted by atomic mass is 33.1. The van der Waals surface area contributed by atoms with Crippen LogP contribution in [0.3, 0.4) is 0 Å². The van der Waals surface area contributed by atoms with Crippen LogP contribution in [0, 0.1) is 13.8 Å². The first kappa shape index (κ1) is 18.2. The predicted molar refractivity (Wildman–Crippen MR) is 107 cm³/mol. The van der Waals surface area contributed by atoms with Crippen LogP contribution in [0.4, 0.5) is 5.13 Å². The third kappa shape index (κ3) is 3.54. The second kappa shape index (κ2) is 6.63. The molecule has 7 heteroatoms. The topological polar surface area (TPSA) is 73.0 Å². The van der Waals surface area contributed by atoms with Crippen LogP contribution in [0.2, 0.25) is 0 Å². The number of nitrogens with two attached hydrogens (primary N) is 1. The molecule has 0 spiro atoms. The second-order valence-electron chi connectivity index (χ2n) is 6.34. The van der Waals surface area contributed by atoms with Gasteiger partial charge in [0.2, 0.25) is 8.87 Å². The van der Waals surface area contributed by atoms with Crippen molar-refractivity contribution in [3.63, 3.8) is 0 Å². The molecule has 0 amide bonds. The molecule has 0 aliphatic heterocycles. The average molecular weight is 393 g/mol. The maximum Gasteiger partial charge on any atom is 0.234 e. The summed E-state index contributed by atoms with van der Waals surface area (Å²) in [5.41, 5.74) is 9.72. The molecule has 3 aromatic rings. The number of anilines is 1. The summed E-state index contributed by atoms with van der Waals surface area (Å²) in [6, 6.07) is 8.85. The number of hydrogen-bond acceptors (Lipinski definition) is 6. The van der Waals surface area contributed by atoms with Crippen LogP contribution < -0.4 is 5.73 Å². The first-order chi connectivity index (χ1) is 11.7. The first-order valence-corrected chi connectivity index (χ1v) is 11.5. The third-order valence-corrected chi connectivity index (χ3v) is 8.24. The molecule has 0 saturated carbocycles. The SMILES string of the molecule is Cc1ccc(S(=O)(=O)Sc2cc(C)c3nc(N)sc3c2C(C)C)cc1. The number of nitrogen functional groups attached to an aromatic ring is 1.